The van der Waals surface area contributed by atoms with Gasteiger partial charge >= 0.3 is 0 Å². The van der Waals surface area contributed by atoms with E-state index in [1.54, 1.807) is 37.4 Å². The molecule has 0 heterocycles. The second-order valence-corrected chi connectivity index (χ2v) is 7.04. The van der Waals surface area contributed by atoms with Crippen molar-refractivity contribution < 1.29 is 8.42 Å². The maximum absolute atomic E-state index is 12.5. The van der Waals surface area contributed by atoms with Gasteiger partial charge in [-0.15, -0.1) is 0 Å². The van der Waals surface area contributed by atoms with Gasteiger partial charge in [0.25, 0.3) is 10.0 Å². The van der Waals surface area contributed by atoms with E-state index in [2.05, 4.69) is 32.6 Å². The average molecular weight is 402 g/mol. The van der Waals surface area contributed by atoms with Crippen molar-refractivity contribution in [3.8, 4) is 0 Å². The van der Waals surface area contributed by atoms with Crippen molar-refractivity contribution in [2.24, 2.45) is 0 Å². The van der Waals surface area contributed by atoms with Crippen molar-refractivity contribution in [1.82, 2.24) is 5.32 Å². The van der Waals surface area contributed by atoms with Crippen molar-refractivity contribution in [2.75, 3.05) is 11.8 Å². The maximum Gasteiger partial charge on any atom is 0.262 e. The second kappa shape index (κ2) is 6.55. The van der Waals surface area contributed by atoms with Gasteiger partial charge in [0.05, 0.1) is 10.6 Å². The topological polar surface area (TPSA) is 58.2 Å². The zero-order valence-corrected chi connectivity index (χ0v) is 13.9. The van der Waals surface area contributed by atoms with Crippen molar-refractivity contribution >= 4 is 38.3 Å². The van der Waals surface area contributed by atoms with E-state index in [1.165, 1.54) is 0 Å². The van der Waals surface area contributed by atoms with E-state index >= 15 is 0 Å². The number of benzene rings is 2. The van der Waals surface area contributed by atoms with E-state index in [4.69, 9.17) is 0 Å². The van der Waals surface area contributed by atoms with Gasteiger partial charge in [-0.1, -0.05) is 30.3 Å². The van der Waals surface area contributed by atoms with Gasteiger partial charge < -0.3 is 5.32 Å². The molecular weight excluding hydrogens is 387 g/mol. The zero-order chi connectivity index (χ0) is 14.6. The molecule has 0 aromatic heterocycles. The Bertz CT molecular complexity index is 702. The van der Waals surface area contributed by atoms with E-state index in [0.29, 0.717) is 17.1 Å². The number of nitrogens with one attached hydrogen (secondary N) is 2. The van der Waals surface area contributed by atoms with E-state index in [-0.39, 0.29) is 0 Å². The summed E-state index contributed by atoms with van der Waals surface area (Å²) < 4.78 is 28.5. The molecule has 0 atom stereocenters. The first-order valence-corrected chi connectivity index (χ1v) is 8.60. The molecule has 0 spiro atoms. The molecular formula is C14H15IN2O2S. The number of sulfonamides is 1. The number of rotatable bonds is 5. The van der Waals surface area contributed by atoms with Crippen molar-refractivity contribution in [1.29, 1.82) is 0 Å². The molecule has 0 saturated heterocycles. The zero-order valence-electron chi connectivity index (χ0n) is 10.9. The average Bonchev–Trinajstić information content (AvgIpc) is 2.42. The molecule has 4 nitrogen and oxygen atoms in total. The van der Waals surface area contributed by atoms with E-state index in [1.807, 2.05) is 18.2 Å². The number of hydrogen-bond donors (Lipinski definition) is 2. The fraction of sp³-hybridized carbons (Fsp3) is 0.143. The van der Waals surface area contributed by atoms with Crippen LogP contribution in [-0.2, 0) is 16.6 Å². The molecule has 0 aliphatic rings. The molecule has 6 heteroatoms. The smallest absolute Gasteiger partial charge is 0.262 e. The van der Waals surface area contributed by atoms with Gasteiger partial charge in [0.15, 0.2) is 0 Å². The molecule has 2 aromatic carbocycles. The van der Waals surface area contributed by atoms with Crippen LogP contribution in [-0.4, -0.2) is 15.5 Å². The van der Waals surface area contributed by atoms with Gasteiger partial charge in [-0.25, -0.2) is 8.42 Å². The van der Waals surface area contributed by atoms with Crippen molar-refractivity contribution in [3.63, 3.8) is 0 Å². The van der Waals surface area contributed by atoms with Gasteiger partial charge in [0.1, 0.15) is 0 Å². The standard InChI is InChI=1S/C14H15IN2O2S/c1-16-10-11-6-2-5-9-14(11)20(18,19)17-13-8-4-3-7-12(13)15/h2-9,16-17H,10H2,1H3. The Balaban J connectivity index is 2.39. The van der Waals surface area contributed by atoms with Crippen LogP contribution in [0.1, 0.15) is 5.56 Å². The Morgan fingerprint density at radius 3 is 2.40 bits per heavy atom. The summed E-state index contributed by atoms with van der Waals surface area (Å²) in [5, 5.41) is 2.98. The first kappa shape index (κ1) is 15.3. The monoisotopic (exact) mass is 402 g/mol. The predicted molar refractivity (Wildman–Crippen MR) is 89.2 cm³/mol. The summed E-state index contributed by atoms with van der Waals surface area (Å²) in [7, 11) is -1.79. The van der Waals surface area contributed by atoms with E-state index in [0.717, 1.165) is 9.13 Å². The highest BCUT2D eigenvalue weighted by molar-refractivity contribution is 14.1. The number of halogens is 1. The minimum absolute atomic E-state index is 0.300. The van der Waals surface area contributed by atoms with Gasteiger partial charge in [0.2, 0.25) is 0 Å². The molecule has 106 valence electrons. The molecule has 2 aromatic rings. The number of para-hydroxylation sites is 1. The Morgan fingerprint density at radius 2 is 1.70 bits per heavy atom. The lowest BCUT2D eigenvalue weighted by Gasteiger charge is -2.13. The van der Waals surface area contributed by atoms with Gasteiger partial charge in [0, 0.05) is 10.1 Å². The van der Waals surface area contributed by atoms with Crippen LogP contribution in [0.2, 0.25) is 0 Å². The fourth-order valence-electron chi connectivity index (χ4n) is 1.85. The molecule has 0 radical (unpaired) electrons. The Kier molecular flexibility index (Phi) is 5.00. The van der Waals surface area contributed by atoms with E-state index in [9.17, 15) is 8.42 Å². The lowest BCUT2D eigenvalue weighted by atomic mass is 10.2. The summed E-state index contributed by atoms with van der Waals surface area (Å²) in [6, 6.07) is 14.3. The highest BCUT2D eigenvalue weighted by Gasteiger charge is 2.18. The fourth-order valence-corrected chi connectivity index (χ4v) is 3.87. The molecule has 0 amide bonds. The molecule has 2 N–H and O–H groups in total. The summed E-state index contributed by atoms with van der Waals surface area (Å²) in [5.74, 6) is 0. The lowest BCUT2D eigenvalue weighted by Crippen LogP contribution is -2.17. The SMILES string of the molecule is CNCc1ccccc1S(=O)(=O)Nc1ccccc1I. The van der Waals surface area contributed by atoms with Gasteiger partial charge in [-0.2, -0.15) is 0 Å². The van der Waals surface area contributed by atoms with Crippen molar-refractivity contribution in [2.45, 2.75) is 11.4 Å². The maximum atomic E-state index is 12.5. The minimum Gasteiger partial charge on any atom is -0.316 e. The largest absolute Gasteiger partial charge is 0.316 e. The molecule has 0 aliphatic heterocycles. The van der Waals surface area contributed by atoms with Crippen LogP contribution in [0.15, 0.2) is 53.4 Å². The van der Waals surface area contributed by atoms with E-state index < -0.39 is 10.0 Å². The van der Waals surface area contributed by atoms with Crippen LogP contribution in [0.4, 0.5) is 5.69 Å². The molecule has 2 rings (SSSR count). The molecule has 0 bridgehead atoms. The van der Waals surface area contributed by atoms with Crippen LogP contribution in [0, 0.1) is 3.57 Å². The summed E-state index contributed by atoms with van der Waals surface area (Å²) in [6.45, 7) is 0.503. The minimum atomic E-state index is -3.58. The summed E-state index contributed by atoms with van der Waals surface area (Å²) in [4.78, 5) is 0.300. The Hall–Kier alpha value is -1.12. The summed E-state index contributed by atoms with van der Waals surface area (Å²) in [6.07, 6.45) is 0. The molecule has 0 aliphatic carbocycles. The number of hydrogen-bond acceptors (Lipinski definition) is 3. The van der Waals surface area contributed by atoms with Crippen molar-refractivity contribution in [3.05, 3.63) is 57.7 Å². The predicted octanol–water partition coefficient (Wildman–Crippen LogP) is 2.81. The van der Waals surface area contributed by atoms with Crippen LogP contribution in [0.3, 0.4) is 0 Å². The van der Waals surface area contributed by atoms with Crippen LogP contribution in [0.25, 0.3) is 0 Å². The third-order valence-electron chi connectivity index (χ3n) is 2.75. The highest BCUT2D eigenvalue weighted by Crippen LogP contribution is 2.23. The highest BCUT2D eigenvalue weighted by atomic mass is 127. The molecule has 0 saturated carbocycles. The molecule has 0 unspecified atom stereocenters. The second-order valence-electron chi connectivity index (χ2n) is 4.22. The molecule has 0 fully saturated rings. The summed E-state index contributed by atoms with van der Waals surface area (Å²) in [5.41, 5.74) is 1.33. The first-order valence-electron chi connectivity index (χ1n) is 6.04. The normalized spacial score (nSPS) is 11.3. The lowest BCUT2D eigenvalue weighted by molar-refractivity contribution is 0.599. The molecule has 20 heavy (non-hydrogen) atoms. The van der Waals surface area contributed by atoms with Crippen LogP contribution in [0.5, 0.6) is 0 Å². The summed E-state index contributed by atoms with van der Waals surface area (Å²) >= 11 is 2.11. The Labute approximate surface area is 132 Å². The van der Waals surface area contributed by atoms with Gasteiger partial charge in [-0.3, -0.25) is 4.72 Å². The van der Waals surface area contributed by atoms with Crippen LogP contribution >= 0.6 is 22.6 Å². The third-order valence-corrected chi connectivity index (χ3v) is 5.15. The first-order chi connectivity index (χ1) is 9.54. The number of anilines is 1. The van der Waals surface area contributed by atoms with Gasteiger partial charge in [-0.05, 0) is 53.4 Å². The third kappa shape index (κ3) is 3.50. The Morgan fingerprint density at radius 1 is 1.05 bits per heavy atom. The quantitative estimate of drug-likeness (QED) is 0.757. The van der Waals surface area contributed by atoms with Crippen LogP contribution < -0.4 is 10.0 Å².